The van der Waals surface area contributed by atoms with Gasteiger partial charge >= 0.3 is 0 Å². The van der Waals surface area contributed by atoms with Crippen LogP contribution < -0.4 is 15.4 Å². The fourth-order valence-corrected chi connectivity index (χ4v) is 2.99. The number of anilines is 1. The summed E-state index contributed by atoms with van der Waals surface area (Å²) in [6, 6.07) is 12.6. The van der Waals surface area contributed by atoms with Crippen LogP contribution in [0.15, 0.2) is 48.5 Å². The molecule has 2 rings (SSSR count). The van der Waals surface area contributed by atoms with Crippen LogP contribution in [-0.2, 0) is 9.59 Å². The molecular weight excluding hydrogens is 394 g/mol. The Morgan fingerprint density at radius 3 is 2.59 bits per heavy atom. The van der Waals surface area contributed by atoms with E-state index in [0.29, 0.717) is 29.2 Å². The molecule has 0 spiro atoms. The minimum Gasteiger partial charge on any atom is -0.484 e. The Morgan fingerprint density at radius 2 is 1.93 bits per heavy atom. The molecule has 2 aromatic carbocycles. The lowest BCUT2D eigenvalue weighted by Gasteiger charge is -2.18. The molecule has 1 atom stereocenters. The van der Waals surface area contributed by atoms with E-state index >= 15 is 0 Å². The van der Waals surface area contributed by atoms with Gasteiger partial charge in [0.1, 0.15) is 11.8 Å². The molecule has 0 saturated heterocycles. The van der Waals surface area contributed by atoms with Crippen LogP contribution >= 0.6 is 11.8 Å². The van der Waals surface area contributed by atoms with Crippen molar-refractivity contribution in [2.45, 2.75) is 19.4 Å². The van der Waals surface area contributed by atoms with Gasteiger partial charge in [0.15, 0.2) is 6.61 Å². The monoisotopic (exact) mass is 417 g/mol. The van der Waals surface area contributed by atoms with Gasteiger partial charge < -0.3 is 15.4 Å². The third-order valence-electron chi connectivity index (χ3n) is 4.05. The second kappa shape index (κ2) is 11.1. The normalized spacial score (nSPS) is 11.4. The van der Waals surface area contributed by atoms with Crippen LogP contribution in [0.3, 0.4) is 0 Å². The van der Waals surface area contributed by atoms with Crippen LogP contribution in [0.4, 0.5) is 11.4 Å². The fraction of sp³-hybridized carbons (Fsp3) is 0.300. The maximum absolute atomic E-state index is 12.6. The van der Waals surface area contributed by atoms with Crippen molar-refractivity contribution in [3.8, 4) is 5.75 Å². The molecule has 0 heterocycles. The number of nitrogens with one attached hydrogen (secondary N) is 2. The number of para-hydroxylation sites is 1. The molecule has 1 unspecified atom stereocenters. The first kappa shape index (κ1) is 22.2. The number of ether oxygens (including phenoxy) is 1. The van der Waals surface area contributed by atoms with Crippen LogP contribution in [0.5, 0.6) is 5.75 Å². The van der Waals surface area contributed by atoms with E-state index in [9.17, 15) is 19.7 Å². The Bertz CT molecular complexity index is 860. The second-order valence-electron chi connectivity index (χ2n) is 6.25. The third kappa shape index (κ3) is 7.11. The quantitative estimate of drug-likeness (QED) is 0.454. The van der Waals surface area contributed by atoms with E-state index in [4.69, 9.17) is 4.74 Å². The number of rotatable bonds is 10. The van der Waals surface area contributed by atoms with Gasteiger partial charge in [0.05, 0.1) is 4.92 Å². The Morgan fingerprint density at radius 1 is 1.21 bits per heavy atom. The molecule has 0 fully saturated rings. The lowest BCUT2D eigenvalue weighted by atomic mass is 10.1. The molecule has 0 radical (unpaired) electrons. The van der Waals surface area contributed by atoms with Crippen LogP contribution in [0.2, 0.25) is 0 Å². The summed E-state index contributed by atoms with van der Waals surface area (Å²) in [5.74, 6) is 0.348. The molecule has 0 aliphatic carbocycles. The number of nitrogens with zero attached hydrogens (tertiary/aromatic N) is 1. The zero-order valence-corrected chi connectivity index (χ0v) is 17.0. The number of benzene rings is 2. The summed E-state index contributed by atoms with van der Waals surface area (Å²) in [5, 5.41) is 16.4. The smallest absolute Gasteiger partial charge is 0.274 e. The van der Waals surface area contributed by atoms with Crippen molar-refractivity contribution in [3.05, 3.63) is 64.2 Å². The highest BCUT2D eigenvalue weighted by Crippen LogP contribution is 2.22. The molecule has 2 aromatic rings. The van der Waals surface area contributed by atoms with Crippen LogP contribution in [0, 0.1) is 17.0 Å². The largest absolute Gasteiger partial charge is 0.484 e. The number of carbonyl (C=O) groups is 2. The molecule has 154 valence electrons. The van der Waals surface area contributed by atoms with E-state index in [1.165, 1.54) is 6.07 Å². The van der Waals surface area contributed by atoms with E-state index in [1.54, 1.807) is 55.1 Å². The molecular formula is C20H23N3O5S. The molecule has 8 nitrogen and oxygen atoms in total. The molecule has 9 heteroatoms. The Balaban J connectivity index is 2.00. The maximum atomic E-state index is 12.6. The van der Waals surface area contributed by atoms with Crippen molar-refractivity contribution < 1.29 is 19.2 Å². The van der Waals surface area contributed by atoms with E-state index < -0.39 is 22.8 Å². The summed E-state index contributed by atoms with van der Waals surface area (Å²) in [6.07, 6.45) is 2.32. The first-order chi connectivity index (χ1) is 13.9. The maximum Gasteiger partial charge on any atom is 0.274 e. The lowest BCUT2D eigenvalue weighted by molar-refractivity contribution is -0.385. The van der Waals surface area contributed by atoms with Gasteiger partial charge in [-0.1, -0.05) is 24.3 Å². The minimum atomic E-state index is -0.783. The highest BCUT2D eigenvalue weighted by molar-refractivity contribution is 7.98. The van der Waals surface area contributed by atoms with Crippen LogP contribution in [-0.4, -0.2) is 41.4 Å². The van der Waals surface area contributed by atoms with E-state index in [1.807, 2.05) is 12.3 Å². The first-order valence-corrected chi connectivity index (χ1v) is 10.3. The van der Waals surface area contributed by atoms with E-state index in [-0.39, 0.29) is 12.3 Å². The van der Waals surface area contributed by atoms with Crippen LogP contribution in [0.1, 0.15) is 12.0 Å². The molecule has 0 aromatic heterocycles. The Kier molecular flexibility index (Phi) is 8.47. The van der Waals surface area contributed by atoms with Gasteiger partial charge in [-0.3, -0.25) is 19.7 Å². The van der Waals surface area contributed by atoms with Gasteiger partial charge in [0.2, 0.25) is 5.91 Å². The summed E-state index contributed by atoms with van der Waals surface area (Å²) in [4.78, 5) is 35.5. The van der Waals surface area contributed by atoms with E-state index in [2.05, 4.69) is 10.6 Å². The number of nitro groups is 1. The minimum absolute atomic E-state index is 0.0799. The summed E-state index contributed by atoms with van der Waals surface area (Å²) >= 11 is 1.55. The van der Waals surface area contributed by atoms with Gasteiger partial charge in [-0.05, 0) is 43.6 Å². The topological polar surface area (TPSA) is 111 Å². The zero-order chi connectivity index (χ0) is 21.2. The van der Waals surface area contributed by atoms with Gasteiger partial charge in [0, 0.05) is 17.3 Å². The van der Waals surface area contributed by atoms with Crippen molar-refractivity contribution in [2.75, 3.05) is 23.9 Å². The zero-order valence-electron chi connectivity index (χ0n) is 16.2. The third-order valence-corrected chi connectivity index (χ3v) is 4.69. The lowest BCUT2D eigenvalue weighted by Crippen LogP contribution is -2.45. The standard InChI is InChI=1S/C20H23N3O5S/c1-14-8-9-15(12-18(14)23(26)27)21-20(25)17(10-11-29-2)22-19(24)13-28-16-6-4-3-5-7-16/h3-9,12,17H,10-11,13H2,1-2H3,(H,21,25)(H,22,24). The van der Waals surface area contributed by atoms with Gasteiger partial charge in [0.25, 0.3) is 11.6 Å². The van der Waals surface area contributed by atoms with Gasteiger partial charge in [-0.2, -0.15) is 11.8 Å². The molecule has 2 amide bonds. The van der Waals surface area contributed by atoms with Crippen molar-refractivity contribution >= 4 is 35.0 Å². The molecule has 2 N–H and O–H groups in total. The fourth-order valence-electron chi connectivity index (χ4n) is 2.52. The van der Waals surface area contributed by atoms with Gasteiger partial charge in [-0.25, -0.2) is 0 Å². The second-order valence-corrected chi connectivity index (χ2v) is 7.24. The summed E-state index contributed by atoms with van der Waals surface area (Å²) in [5.41, 5.74) is 0.721. The average molecular weight is 417 g/mol. The highest BCUT2D eigenvalue weighted by Gasteiger charge is 2.22. The van der Waals surface area contributed by atoms with Crippen molar-refractivity contribution in [1.29, 1.82) is 0 Å². The molecule has 0 aliphatic heterocycles. The number of hydrogen-bond donors (Lipinski definition) is 2. The summed E-state index contributed by atoms with van der Waals surface area (Å²) < 4.78 is 5.40. The predicted octanol–water partition coefficient (Wildman–Crippen LogP) is 3.16. The number of nitro benzene ring substituents is 1. The first-order valence-electron chi connectivity index (χ1n) is 8.92. The Hall–Kier alpha value is -3.07. The number of thioether (sulfide) groups is 1. The highest BCUT2D eigenvalue weighted by atomic mass is 32.2. The number of carbonyl (C=O) groups excluding carboxylic acids is 2. The molecule has 29 heavy (non-hydrogen) atoms. The van der Waals surface area contributed by atoms with Crippen LogP contribution in [0.25, 0.3) is 0 Å². The van der Waals surface area contributed by atoms with Crippen molar-refractivity contribution in [3.63, 3.8) is 0 Å². The van der Waals surface area contributed by atoms with Crippen molar-refractivity contribution in [1.82, 2.24) is 5.32 Å². The average Bonchev–Trinajstić information content (AvgIpc) is 2.71. The number of aryl methyl sites for hydroxylation is 1. The van der Waals surface area contributed by atoms with Gasteiger partial charge in [-0.15, -0.1) is 0 Å². The summed E-state index contributed by atoms with van der Waals surface area (Å²) in [6.45, 7) is 1.40. The number of hydrogen-bond acceptors (Lipinski definition) is 6. The molecule has 0 saturated carbocycles. The van der Waals surface area contributed by atoms with Crippen molar-refractivity contribution in [2.24, 2.45) is 0 Å². The molecule has 0 aliphatic rings. The SMILES string of the molecule is CSCCC(NC(=O)COc1ccccc1)C(=O)Nc1ccc(C)c([N+](=O)[O-])c1. The molecule has 0 bridgehead atoms. The Labute approximate surface area is 173 Å². The predicted molar refractivity (Wildman–Crippen MR) is 113 cm³/mol. The number of amides is 2. The summed E-state index contributed by atoms with van der Waals surface area (Å²) in [7, 11) is 0. The van der Waals surface area contributed by atoms with E-state index in [0.717, 1.165) is 0 Å².